The Kier molecular flexibility index (Phi) is 6.72. The third-order valence-electron chi connectivity index (χ3n) is 5.39. The summed E-state index contributed by atoms with van der Waals surface area (Å²) in [5, 5.41) is 11.6. The van der Waals surface area contributed by atoms with E-state index in [-0.39, 0.29) is 28.3 Å². The molecule has 0 spiro atoms. The molecule has 3 aromatic rings. The Hall–Kier alpha value is -2.97. The Morgan fingerprint density at radius 3 is 2.56 bits per heavy atom. The molecule has 2 aromatic carbocycles. The molecule has 1 unspecified atom stereocenters. The first kappa shape index (κ1) is 22.2. The summed E-state index contributed by atoms with van der Waals surface area (Å²) in [6, 6.07) is 15.6. The lowest BCUT2D eigenvalue weighted by Crippen LogP contribution is -2.24. The Balaban J connectivity index is 1.57. The second-order valence-electron chi connectivity index (χ2n) is 8.03. The van der Waals surface area contributed by atoms with Crippen molar-refractivity contribution in [2.24, 2.45) is 0 Å². The van der Waals surface area contributed by atoms with Crippen LogP contribution >= 0.6 is 11.8 Å². The molecule has 32 heavy (non-hydrogen) atoms. The third-order valence-corrected chi connectivity index (χ3v) is 6.58. The van der Waals surface area contributed by atoms with Gasteiger partial charge in [-0.25, -0.2) is 4.68 Å². The molecule has 0 aliphatic heterocycles. The number of fused-ring (bicyclic) bond motifs is 2. The number of benzene rings is 2. The van der Waals surface area contributed by atoms with Crippen molar-refractivity contribution < 1.29 is 9.59 Å². The minimum absolute atomic E-state index is 0.126. The zero-order valence-corrected chi connectivity index (χ0v) is 19.4. The molecule has 1 aliphatic carbocycles. The summed E-state index contributed by atoms with van der Waals surface area (Å²) in [6.07, 6.45) is 1.99. The van der Waals surface area contributed by atoms with Crippen molar-refractivity contribution in [3.63, 3.8) is 0 Å². The van der Waals surface area contributed by atoms with Gasteiger partial charge >= 0.3 is 0 Å². The highest BCUT2D eigenvalue weighted by atomic mass is 32.2. The van der Waals surface area contributed by atoms with Crippen LogP contribution in [0.5, 0.6) is 0 Å². The Morgan fingerprint density at radius 2 is 1.84 bits per heavy atom. The van der Waals surface area contributed by atoms with E-state index in [0.29, 0.717) is 17.7 Å². The molecule has 4 rings (SSSR count). The van der Waals surface area contributed by atoms with Gasteiger partial charge in [-0.3, -0.25) is 9.59 Å². The summed E-state index contributed by atoms with van der Waals surface area (Å²) in [7, 11) is 4.14. The van der Waals surface area contributed by atoms with Crippen LogP contribution in [0.2, 0.25) is 0 Å². The molecule has 0 saturated carbocycles. The van der Waals surface area contributed by atoms with E-state index in [9.17, 15) is 9.59 Å². The fourth-order valence-corrected chi connectivity index (χ4v) is 4.91. The number of anilines is 1. The van der Waals surface area contributed by atoms with E-state index in [1.165, 1.54) is 9.58 Å². The topological polar surface area (TPSA) is 80.1 Å². The predicted molar refractivity (Wildman–Crippen MR) is 127 cm³/mol. The number of carbonyl (C=O) groups is 2. The fourth-order valence-electron chi connectivity index (χ4n) is 3.79. The van der Waals surface area contributed by atoms with Gasteiger partial charge in [-0.1, -0.05) is 23.4 Å². The average molecular weight is 450 g/mol. The van der Waals surface area contributed by atoms with Crippen LogP contribution in [0.3, 0.4) is 0 Å². The van der Waals surface area contributed by atoms with Crippen molar-refractivity contribution in [3.8, 4) is 0 Å². The van der Waals surface area contributed by atoms with E-state index in [2.05, 4.69) is 46.8 Å². The molecule has 0 radical (unpaired) electrons. The highest BCUT2D eigenvalue weighted by molar-refractivity contribution is 8.00. The second kappa shape index (κ2) is 9.67. The van der Waals surface area contributed by atoms with Crippen molar-refractivity contribution in [1.82, 2.24) is 19.9 Å². The third kappa shape index (κ3) is 4.61. The summed E-state index contributed by atoms with van der Waals surface area (Å²) >= 11 is 1.76. The normalized spacial score (nSPS) is 13.8. The van der Waals surface area contributed by atoms with Crippen molar-refractivity contribution >= 4 is 29.0 Å². The molecule has 1 aliphatic rings. The number of hydrogen-bond donors (Lipinski definition) is 1. The molecule has 0 saturated heterocycles. The standard InChI is InChI=1S/C24H27N5O2S/c1-4-29-22-21(26-27-29)23(30)19-15-16(12-13-18(19)24(22)31)25-20(11-8-14-28(2)3)32-17-9-6-5-7-10-17/h5-7,9-10,12-13,15,20,25H,4,8,11,14H2,1-3H3. The maximum absolute atomic E-state index is 13.1. The number of nitrogens with zero attached hydrogens (tertiary/aromatic N) is 4. The molecule has 1 N–H and O–H groups in total. The van der Waals surface area contributed by atoms with Crippen LogP contribution in [0, 0.1) is 0 Å². The van der Waals surface area contributed by atoms with Gasteiger partial charge in [-0.15, -0.1) is 16.9 Å². The predicted octanol–water partition coefficient (Wildman–Crippen LogP) is 3.95. The van der Waals surface area contributed by atoms with Crippen molar-refractivity contribution in [2.45, 2.75) is 36.6 Å². The van der Waals surface area contributed by atoms with Crippen molar-refractivity contribution in [3.05, 3.63) is 71.0 Å². The SMILES string of the molecule is CCn1nnc2c1C(=O)c1ccc(NC(CCCN(C)C)Sc3ccccc3)cc1C2=O. The molecule has 1 aromatic heterocycles. The van der Waals surface area contributed by atoms with Gasteiger partial charge in [0.1, 0.15) is 5.69 Å². The molecule has 7 nitrogen and oxygen atoms in total. The Morgan fingerprint density at radius 1 is 1.06 bits per heavy atom. The van der Waals surface area contributed by atoms with Gasteiger partial charge in [-0.05, 0) is 70.7 Å². The zero-order chi connectivity index (χ0) is 22.7. The summed E-state index contributed by atoms with van der Waals surface area (Å²) in [6.45, 7) is 3.36. The van der Waals surface area contributed by atoms with Crippen molar-refractivity contribution in [1.29, 1.82) is 0 Å². The number of thioether (sulfide) groups is 1. The largest absolute Gasteiger partial charge is 0.373 e. The molecular formula is C24H27N5O2S. The summed E-state index contributed by atoms with van der Waals surface area (Å²) < 4.78 is 1.49. The minimum atomic E-state index is -0.252. The smallest absolute Gasteiger partial charge is 0.216 e. The first-order valence-corrected chi connectivity index (χ1v) is 11.7. The van der Waals surface area contributed by atoms with E-state index >= 15 is 0 Å². The lowest BCUT2D eigenvalue weighted by molar-refractivity contribution is 0.0971. The molecule has 0 fully saturated rings. The van der Waals surface area contributed by atoms with Crippen LogP contribution in [0.15, 0.2) is 53.4 Å². The summed E-state index contributed by atoms with van der Waals surface area (Å²) in [4.78, 5) is 29.4. The maximum atomic E-state index is 13.1. The molecule has 0 bridgehead atoms. The van der Waals surface area contributed by atoms with E-state index in [1.807, 2.05) is 31.2 Å². The Labute approximate surface area is 192 Å². The van der Waals surface area contributed by atoms with Crippen molar-refractivity contribution in [2.75, 3.05) is 26.0 Å². The van der Waals surface area contributed by atoms with Crippen LogP contribution < -0.4 is 5.32 Å². The van der Waals surface area contributed by atoms with Gasteiger partial charge in [0.2, 0.25) is 11.6 Å². The minimum Gasteiger partial charge on any atom is -0.373 e. The van der Waals surface area contributed by atoms with Crippen LogP contribution in [0.25, 0.3) is 0 Å². The molecule has 1 atom stereocenters. The molecule has 166 valence electrons. The fraction of sp³-hybridized carbons (Fsp3) is 0.333. The van der Waals surface area contributed by atoms with E-state index in [4.69, 9.17) is 0 Å². The molecular weight excluding hydrogens is 422 g/mol. The van der Waals surface area contributed by atoms with Gasteiger partial charge < -0.3 is 10.2 Å². The molecule has 0 amide bonds. The number of aryl methyl sites for hydroxylation is 1. The van der Waals surface area contributed by atoms with Crippen LogP contribution in [0.1, 0.15) is 51.9 Å². The van der Waals surface area contributed by atoms with Gasteiger partial charge in [0.05, 0.1) is 5.37 Å². The maximum Gasteiger partial charge on any atom is 0.216 e. The first-order chi connectivity index (χ1) is 15.5. The lowest BCUT2D eigenvalue weighted by Gasteiger charge is -2.22. The van der Waals surface area contributed by atoms with Gasteiger partial charge in [0.25, 0.3) is 0 Å². The van der Waals surface area contributed by atoms with Gasteiger partial charge in [0, 0.05) is 28.3 Å². The van der Waals surface area contributed by atoms with Crippen LogP contribution in [-0.2, 0) is 6.54 Å². The number of nitrogens with one attached hydrogen (secondary N) is 1. The zero-order valence-electron chi connectivity index (χ0n) is 18.5. The lowest BCUT2D eigenvalue weighted by atomic mass is 9.89. The number of aromatic nitrogens is 3. The van der Waals surface area contributed by atoms with E-state index in [1.54, 1.807) is 23.9 Å². The molecule has 1 heterocycles. The number of hydrogen-bond acceptors (Lipinski definition) is 7. The highest BCUT2D eigenvalue weighted by Gasteiger charge is 2.35. The van der Waals surface area contributed by atoms with Crippen LogP contribution in [-0.4, -0.2) is 57.5 Å². The number of carbonyl (C=O) groups excluding carboxylic acids is 2. The second-order valence-corrected chi connectivity index (χ2v) is 9.31. The van der Waals surface area contributed by atoms with Crippen LogP contribution in [0.4, 0.5) is 5.69 Å². The first-order valence-electron chi connectivity index (χ1n) is 10.8. The number of rotatable bonds is 9. The average Bonchev–Trinajstić information content (AvgIpc) is 3.22. The highest BCUT2D eigenvalue weighted by Crippen LogP contribution is 2.31. The van der Waals surface area contributed by atoms with Gasteiger partial charge in [0.15, 0.2) is 5.69 Å². The number of ketones is 2. The summed E-state index contributed by atoms with van der Waals surface area (Å²) in [5.41, 5.74) is 2.03. The molecule has 8 heteroatoms. The quantitative estimate of drug-likeness (QED) is 0.306. The Bertz CT molecular complexity index is 1130. The monoisotopic (exact) mass is 449 g/mol. The van der Waals surface area contributed by atoms with Gasteiger partial charge in [-0.2, -0.15) is 0 Å². The summed E-state index contributed by atoms with van der Waals surface area (Å²) in [5.74, 6) is -0.452. The van der Waals surface area contributed by atoms with E-state index in [0.717, 1.165) is 25.1 Å². The van der Waals surface area contributed by atoms with E-state index < -0.39 is 0 Å².